The summed E-state index contributed by atoms with van der Waals surface area (Å²) in [5.74, 6) is 0.273. The lowest BCUT2D eigenvalue weighted by Gasteiger charge is -2.36. The van der Waals surface area contributed by atoms with E-state index >= 15 is 0 Å². The molecule has 1 aliphatic heterocycles. The Balaban J connectivity index is 0.00000420. The van der Waals surface area contributed by atoms with E-state index in [1.165, 1.54) is 12.1 Å². The van der Waals surface area contributed by atoms with E-state index in [1.54, 1.807) is 17.0 Å². The molecular formula is C20H33FIN5O2. The van der Waals surface area contributed by atoms with Gasteiger partial charge in [-0.2, -0.15) is 0 Å². The molecule has 1 heterocycles. The molecule has 2 N–H and O–H groups in total. The minimum Gasteiger partial charge on any atom is -0.444 e. The highest BCUT2D eigenvalue weighted by Gasteiger charge is 2.26. The van der Waals surface area contributed by atoms with Crippen molar-refractivity contribution in [1.29, 1.82) is 0 Å². The van der Waals surface area contributed by atoms with Crippen LogP contribution in [0.15, 0.2) is 29.3 Å². The predicted molar refractivity (Wildman–Crippen MR) is 124 cm³/mol. The Labute approximate surface area is 190 Å². The topological polar surface area (TPSA) is 74.4 Å². The number of rotatable bonds is 5. The van der Waals surface area contributed by atoms with Crippen LogP contribution in [0.2, 0.25) is 0 Å². The zero-order valence-electron chi connectivity index (χ0n) is 17.7. The number of benzene rings is 1. The van der Waals surface area contributed by atoms with Crippen molar-refractivity contribution in [3.63, 3.8) is 0 Å². The number of hydrogen-bond donors (Lipinski definition) is 1. The monoisotopic (exact) mass is 521 g/mol. The van der Waals surface area contributed by atoms with Crippen molar-refractivity contribution in [3.8, 4) is 0 Å². The van der Waals surface area contributed by atoms with Gasteiger partial charge in [-0.3, -0.25) is 4.99 Å². The average molecular weight is 521 g/mol. The van der Waals surface area contributed by atoms with Crippen molar-refractivity contribution >= 4 is 36.0 Å². The molecule has 164 valence electrons. The summed E-state index contributed by atoms with van der Waals surface area (Å²) in [6.07, 6.45) is -0.287. The zero-order valence-corrected chi connectivity index (χ0v) is 20.1. The quantitative estimate of drug-likeness (QED) is 0.367. The molecule has 0 spiro atoms. The summed E-state index contributed by atoms with van der Waals surface area (Å²) in [5, 5.41) is 0. The van der Waals surface area contributed by atoms with Crippen molar-refractivity contribution in [3.05, 3.63) is 35.6 Å². The van der Waals surface area contributed by atoms with E-state index in [1.807, 2.05) is 32.7 Å². The molecule has 0 bridgehead atoms. The van der Waals surface area contributed by atoms with Crippen molar-refractivity contribution in [2.24, 2.45) is 10.7 Å². The number of halogens is 2. The third-order valence-corrected chi connectivity index (χ3v) is 4.38. The Morgan fingerprint density at radius 2 is 1.72 bits per heavy atom. The van der Waals surface area contributed by atoms with Crippen LogP contribution in [-0.4, -0.2) is 78.7 Å². The van der Waals surface area contributed by atoms with E-state index < -0.39 is 5.60 Å². The summed E-state index contributed by atoms with van der Waals surface area (Å²) in [6.45, 7) is 10.0. The molecule has 1 aromatic carbocycles. The van der Waals surface area contributed by atoms with Crippen LogP contribution in [-0.2, 0) is 11.3 Å². The van der Waals surface area contributed by atoms with Gasteiger partial charge in [0.15, 0.2) is 5.96 Å². The first-order valence-corrected chi connectivity index (χ1v) is 9.60. The van der Waals surface area contributed by atoms with Gasteiger partial charge in [0.2, 0.25) is 0 Å². The smallest absolute Gasteiger partial charge is 0.410 e. The lowest BCUT2D eigenvalue weighted by atomic mass is 10.2. The van der Waals surface area contributed by atoms with Crippen LogP contribution < -0.4 is 5.73 Å². The number of likely N-dealkylation sites (N-methyl/N-ethyl adjacent to an activating group) is 1. The van der Waals surface area contributed by atoms with E-state index in [0.717, 1.165) is 18.7 Å². The summed E-state index contributed by atoms with van der Waals surface area (Å²) in [7, 11) is 1.99. The van der Waals surface area contributed by atoms with Crippen LogP contribution in [0.3, 0.4) is 0 Å². The van der Waals surface area contributed by atoms with Gasteiger partial charge in [-0.1, -0.05) is 12.1 Å². The lowest BCUT2D eigenvalue weighted by molar-refractivity contribution is 0.0186. The van der Waals surface area contributed by atoms with Gasteiger partial charge in [0.25, 0.3) is 0 Å². The van der Waals surface area contributed by atoms with Crippen molar-refractivity contribution in [2.45, 2.75) is 32.9 Å². The van der Waals surface area contributed by atoms with Gasteiger partial charge in [0.05, 0.1) is 6.54 Å². The summed E-state index contributed by atoms with van der Waals surface area (Å²) < 4.78 is 18.4. The molecule has 0 unspecified atom stereocenters. The van der Waals surface area contributed by atoms with Crippen LogP contribution in [0.25, 0.3) is 0 Å². The van der Waals surface area contributed by atoms with Gasteiger partial charge in [-0.15, -0.1) is 24.0 Å². The second-order valence-corrected chi connectivity index (χ2v) is 8.06. The van der Waals surface area contributed by atoms with Crippen LogP contribution in [0.4, 0.5) is 9.18 Å². The summed E-state index contributed by atoms with van der Waals surface area (Å²) >= 11 is 0. The maximum atomic E-state index is 13.0. The molecule has 9 heteroatoms. The van der Waals surface area contributed by atoms with Crippen molar-refractivity contribution < 1.29 is 13.9 Å². The van der Waals surface area contributed by atoms with E-state index in [-0.39, 0.29) is 35.9 Å². The standard InChI is InChI=1S/C20H32FN5O2.HI/c1-20(2,3)28-19(27)26-13-11-25(12-14-26)18(22)23-9-10-24(4)15-16-5-7-17(21)8-6-16;/h5-8H,9-15H2,1-4H3,(H2,22,23);1H. The SMILES string of the molecule is CN(CCN=C(N)N1CCN(C(=O)OC(C)(C)C)CC1)Cc1ccc(F)cc1.I. The number of piperazine rings is 1. The Bertz CT molecular complexity index is 670. The van der Waals surface area contributed by atoms with Crippen LogP contribution in [0, 0.1) is 5.82 Å². The third kappa shape index (κ3) is 9.16. The molecule has 0 atom stereocenters. The van der Waals surface area contributed by atoms with Crippen molar-refractivity contribution in [2.75, 3.05) is 46.3 Å². The van der Waals surface area contributed by atoms with Gasteiger partial charge in [-0.25, -0.2) is 9.18 Å². The van der Waals surface area contributed by atoms with E-state index in [2.05, 4.69) is 9.89 Å². The largest absolute Gasteiger partial charge is 0.444 e. The highest BCUT2D eigenvalue weighted by atomic mass is 127. The number of aliphatic imine (C=N–C) groups is 1. The molecule has 0 aliphatic carbocycles. The minimum atomic E-state index is -0.491. The molecule has 29 heavy (non-hydrogen) atoms. The molecule has 1 aromatic rings. The normalized spacial score (nSPS) is 15.3. The Kier molecular flexibility index (Phi) is 10.1. The lowest BCUT2D eigenvalue weighted by Crippen LogP contribution is -2.53. The molecule has 0 saturated carbocycles. The number of carbonyl (C=O) groups excluding carboxylic acids is 1. The second-order valence-electron chi connectivity index (χ2n) is 8.06. The molecule has 7 nitrogen and oxygen atoms in total. The van der Waals surface area contributed by atoms with Crippen LogP contribution >= 0.6 is 24.0 Å². The number of nitrogens with zero attached hydrogens (tertiary/aromatic N) is 4. The molecule has 1 amide bonds. The van der Waals surface area contributed by atoms with Gasteiger partial charge < -0.3 is 25.2 Å². The first kappa shape index (κ1) is 25.4. The number of amides is 1. The first-order chi connectivity index (χ1) is 13.1. The molecular weight excluding hydrogens is 488 g/mol. The number of ether oxygens (including phenoxy) is 1. The molecule has 1 saturated heterocycles. The predicted octanol–water partition coefficient (Wildman–Crippen LogP) is 2.74. The average Bonchev–Trinajstić information content (AvgIpc) is 2.62. The van der Waals surface area contributed by atoms with Crippen LogP contribution in [0.5, 0.6) is 0 Å². The molecule has 0 aromatic heterocycles. The third-order valence-electron chi connectivity index (χ3n) is 4.38. The number of hydrogen-bond acceptors (Lipinski definition) is 4. The maximum Gasteiger partial charge on any atom is 0.410 e. The van der Waals surface area contributed by atoms with Crippen molar-refractivity contribution in [1.82, 2.24) is 14.7 Å². The van der Waals surface area contributed by atoms with E-state index in [9.17, 15) is 9.18 Å². The Hall–Kier alpha value is -1.62. The molecule has 2 rings (SSSR count). The summed E-state index contributed by atoms with van der Waals surface area (Å²) in [4.78, 5) is 22.4. The molecule has 1 aliphatic rings. The highest BCUT2D eigenvalue weighted by Crippen LogP contribution is 2.12. The Morgan fingerprint density at radius 1 is 1.17 bits per heavy atom. The fourth-order valence-corrected chi connectivity index (χ4v) is 2.86. The zero-order chi connectivity index (χ0) is 20.7. The van der Waals surface area contributed by atoms with E-state index in [0.29, 0.717) is 38.7 Å². The van der Waals surface area contributed by atoms with Gasteiger partial charge in [-0.05, 0) is 45.5 Å². The molecule has 1 fully saturated rings. The second kappa shape index (κ2) is 11.5. The number of carbonyl (C=O) groups is 1. The fraction of sp³-hybridized carbons (Fsp3) is 0.600. The number of nitrogens with two attached hydrogens (primary N) is 1. The Morgan fingerprint density at radius 3 is 2.28 bits per heavy atom. The minimum absolute atomic E-state index is 0. The summed E-state index contributed by atoms with van der Waals surface area (Å²) in [5.41, 5.74) is 6.67. The fourth-order valence-electron chi connectivity index (χ4n) is 2.86. The highest BCUT2D eigenvalue weighted by molar-refractivity contribution is 14.0. The van der Waals surface area contributed by atoms with Gasteiger partial charge in [0.1, 0.15) is 11.4 Å². The molecule has 0 radical (unpaired) electrons. The summed E-state index contributed by atoms with van der Waals surface area (Å²) in [6, 6.07) is 6.51. The van der Waals surface area contributed by atoms with E-state index in [4.69, 9.17) is 10.5 Å². The first-order valence-electron chi connectivity index (χ1n) is 9.60. The van der Waals surface area contributed by atoms with Gasteiger partial charge in [0, 0.05) is 39.3 Å². The number of guanidine groups is 1. The maximum absolute atomic E-state index is 13.0. The van der Waals surface area contributed by atoms with Crippen LogP contribution in [0.1, 0.15) is 26.3 Å². The van der Waals surface area contributed by atoms with Gasteiger partial charge >= 0.3 is 6.09 Å².